The fraction of sp³-hybridized carbons (Fsp3) is 0.190. The number of aryl methyl sites for hydroxylation is 2. The third kappa shape index (κ3) is 5.91. The van der Waals surface area contributed by atoms with Crippen LogP contribution < -0.4 is 14.5 Å². The number of pyridine rings is 1. The molecule has 4 aromatic heterocycles. The Balaban J connectivity index is 1.02. The average Bonchev–Trinajstić information content (AvgIpc) is 4.07. The highest BCUT2D eigenvalue weighted by molar-refractivity contribution is 6.25. The molecule has 12 rings (SSSR count). The van der Waals surface area contributed by atoms with Gasteiger partial charge in [-0.3, -0.25) is 4.57 Å². The molecule has 0 radical (unpaired) electrons. The molecule has 7 heteroatoms. The van der Waals surface area contributed by atoms with Crippen LogP contribution in [-0.4, -0.2) is 25.4 Å². The van der Waals surface area contributed by atoms with E-state index >= 15 is 0 Å². The van der Waals surface area contributed by atoms with Crippen LogP contribution in [0.1, 0.15) is 60.9 Å². The van der Waals surface area contributed by atoms with E-state index in [0.29, 0.717) is 39.3 Å². The largest absolute Gasteiger partial charge is 0.457 e. The molecule has 0 amide bonds. The van der Waals surface area contributed by atoms with Gasteiger partial charge in [-0.05, 0) is 88.7 Å². The number of rotatable bonds is 5. The van der Waals surface area contributed by atoms with Gasteiger partial charge in [-0.15, -0.1) is 0 Å². The van der Waals surface area contributed by atoms with Crippen LogP contribution in [0.5, 0.6) is 11.5 Å². The zero-order valence-electron chi connectivity index (χ0n) is 43.3. The van der Waals surface area contributed by atoms with Crippen molar-refractivity contribution >= 4 is 88.2 Å². The molecule has 1 aliphatic heterocycles. The second kappa shape index (κ2) is 14.0. The van der Waals surface area contributed by atoms with Crippen molar-refractivity contribution in [1.82, 2.24) is 18.7 Å². The van der Waals surface area contributed by atoms with Crippen molar-refractivity contribution < 1.29 is 13.0 Å². The van der Waals surface area contributed by atoms with E-state index in [9.17, 15) is 0 Å². The van der Waals surface area contributed by atoms with Crippen LogP contribution in [0.4, 0.5) is 22.7 Å². The molecule has 1 aliphatic rings. The molecule has 0 N–H and O–H groups in total. The highest BCUT2D eigenvalue weighted by Crippen LogP contribution is 2.51. The summed E-state index contributed by atoms with van der Waals surface area (Å²) in [5.74, 6) is 2.13. The van der Waals surface area contributed by atoms with Gasteiger partial charge in [-0.2, -0.15) is 0 Å². The summed E-state index contributed by atoms with van der Waals surface area (Å²) in [5, 5.41) is 5.23. The first-order valence-corrected chi connectivity index (χ1v) is 22.2. The van der Waals surface area contributed by atoms with E-state index in [1.54, 1.807) is 0 Å². The van der Waals surface area contributed by atoms with E-state index in [0.717, 1.165) is 66.2 Å². The highest BCUT2D eigenvalue weighted by Gasteiger charge is 2.33. The standard InChI is InChI=1S/C58H52N6O/c1-57(2,3)36-29-30-59-52(31-36)64-51-33-39(27-28-42(51)43-21-16-22-46(53(43)64)58(4,5)6)65-38-18-15-17-37(32-38)62-35-63(50-26-14-13-25-49(50)62)56-54-44(40-19-9-11-23-47(40)60(54)7)34-45-41-20-10-12-24-48(41)61(8)55(45)56/h9-34H,35H2,1-8H3/i7D3,8D3. The Morgan fingerprint density at radius 1 is 0.508 bits per heavy atom. The first-order valence-electron chi connectivity index (χ1n) is 25.2. The van der Waals surface area contributed by atoms with Gasteiger partial charge in [0.15, 0.2) is 0 Å². The molecular weight excluding hydrogens is 797 g/mol. The van der Waals surface area contributed by atoms with Crippen molar-refractivity contribution in [3.05, 3.63) is 169 Å². The van der Waals surface area contributed by atoms with E-state index in [2.05, 4.69) is 98.4 Å². The van der Waals surface area contributed by atoms with Crippen molar-refractivity contribution in [2.24, 2.45) is 14.0 Å². The smallest absolute Gasteiger partial charge is 0.137 e. The lowest BCUT2D eigenvalue weighted by atomic mass is 9.85. The fourth-order valence-electron chi connectivity index (χ4n) is 10.2. The van der Waals surface area contributed by atoms with Gasteiger partial charge in [0, 0.05) is 89.5 Å². The summed E-state index contributed by atoms with van der Waals surface area (Å²) < 4.78 is 65.8. The summed E-state index contributed by atoms with van der Waals surface area (Å²) in [4.78, 5) is 9.23. The Morgan fingerprint density at radius 2 is 1.12 bits per heavy atom. The molecule has 5 heterocycles. The molecule has 0 aliphatic carbocycles. The molecule has 320 valence electrons. The monoisotopic (exact) mass is 854 g/mol. The van der Waals surface area contributed by atoms with Gasteiger partial charge in [0.05, 0.1) is 39.1 Å². The molecular formula is C58H52N6O. The molecule has 65 heavy (non-hydrogen) atoms. The van der Waals surface area contributed by atoms with Crippen molar-refractivity contribution in [1.29, 1.82) is 0 Å². The second-order valence-corrected chi connectivity index (χ2v) is 19.4. The topological polar surface area (TPSA) is 43.4 Å². The van der Waals surface area contributed by atoms with E-state index < -0.39 is 14.0 Å². The molecule has 0 atom stereocenters. The summed E-state index contributed by atoms with van der Waals surface area (Å²) in [6.07, 6.45) is 1.90. The Bertz CT molecular complexity index is 3870. The maximum atomic E-state index is 8.97. The Kier molecular flexibility index (Phi) is 7.12. The minimum atomic E-state index is -2.61. The molecule has 0 bridgehead atoms. The van der Waals surface area contributed by atoms with Crippen molar-refractivity contribution in [2.45, 2.75) is 52.4 Å². The average molecular weight is 855 g/mol. The zero-order valence-corrected chi connectivity index (χ0v) is 37.3. The third-order valence-electron chi connectivity index (χ3n) is 13.4. The molecule has 11 aromatic rings. The number of para-hydroxylation sites is 5. The highest BCUT2D eigenvalue weighted by atomic mass is 16.5. The van der Waals surface area contributed by atoms with Crippen LogP contribution in [0.25, 0.3) is 71.2 Å². The van der Waals surface area contributed by atoms with E-state index in [1.165, 1.54) is 20.3 Å². The fourth-order valence-corrected chi connectivity index (χ4v) is 10.2. The van der Waals surface area contributed by atoms with Crippen LogP contribution in [0.15, 0.2) is 158 Å². The Morgan fingerprint density at radius 3 is 1.80 bits per heavy atom. The van der Waals surface area contributed by atoms with E-state index in [4.69, 9.17) is 17.9 Å². The molecule has 7 aromatic carbocycles. The normalized spacial score (nSPS) is 15.2. The maximum Gasteiger partial charge on any atom is 0.137 e. The second-order valence-electron chi connectivity index (χ2n) is 19.4. The maximum absolute atomic E-state index is 8.97. The number of aromatic nitrogens is 4. The summed E-state index contributed by atoms with van der Waals surface area (Å²) in [7, 11) is 0. The minimum Gasteiger partial charge on any atom is -0.457 e. The van der Waals surface area contributed by atoms with Crippen LogP contribution in [0, 0.1) is 0 Å². The number of fused-ring (bicyclic) bond motifs is 10. The van der Waals surface area contributed by atoms with Crippen molar-refractivity contribution in [3.63, 3.8) is 0 Å². The first kappa shape index (κ1) is 33.1. The van der Waals surface area contributed by atoms with Gasteiger partial charge in [-0.1, -0.05) is 114 Å². The van der Waals surface area contributed by atoms with E-state index in [-0.39, 0.29) is 17.5 Å². The predicted octanol–water partition coefficient (Wildman–Crippen LogP) is 15.1. The molecule has 0 saturated carbocycles. The summed E-state index contributed by atoms with van der Waals surface area (Å²) >= 11 is 0. The Labute approximate surface area is 387 Å². The SMILES string of the molecule is [2H]C([2H])([2H])n1c2ccccc2c2cc3c4ccccc4n(C([2H])([2H])[2H])c3c(N3CN(c4cccc(Oc5ccc6c7cccc(C(C)(C)C)c7n(-c7cc(C(C)(C)C)ccn7)c6c5)c4)c4ccccc43)c21. The van der Waals surface area contributed by atoms with Crippen LogP contribution in [0.3, 0.4) is 0 Å². The van der Waals surface area contributed by atoms with Gasteiger partial charge < -0.3 is 23.7 Å². The van der Waals surface area contributed by atoms with Crippen LogP contribution in [-0.2, 0) is 24.8 Å². The van der Waals surface area contributed by atoms with Gasteiger partial charge in [-0.25, -0.2) is 4.98 Å². The predicted molar refractivity (Wildman–Crippen MR) is 272 cm³/mol. The molecule has 0 saturated heterocycles. The number of nitrogens with zero attached hydrogens (tertiary/aromatic N) is 6. The number of benzene rings is 7. The minimum absolute atomic E-state index is 0.0788. The van der Waals surface area contributed by atoms with Gasteiger partial charge in [0.25, 0.3) is 0 Å². The molecule has 7 nitrogen and oxygen atoms in total. The van der Waals surface area contributed by atoms with Crippen LogP contribution in [0.2, 0.25) is 0 Å². The summed E-state index contributed by atoms with van der Waals surface area (Å²) in [5.41, 5.74) is 9.25. The lowest BCUT2D eigenvalue weighted by Gasteiger charge is -2.25. The lowest BCUT2D eigenvalue weighted by molar-refractivity contribution is 0.483. The van der Waals surface area contributed by atoms with Crippen LogP contribution >= 0.6 is 0 Å². The summed E-state index contributed by atoms with van der Waals surface area (Å²) in [6, 6.07) is 50.1. The Hall–Kier alpha value is -7.51. The van der Waals surface area contributed by atoms with Crippen molar-refractivity contribution in [3.8, 4) is 17.3 Å². The number of hydrogen-bond acceptors (Lipinski definition) is 4. The van der Waals surface area contributed by atoms with Gasteiger partial charge >= 0.3 is 0 Å². The van der Waals surface area contributed by atoms with Crippen molar-refractivity contribution in [2.75, 3.05) is 16.5 Å². The summed E-state index contributed by atoms with van der Waals surface area (Å²) in [6.45, 7) is 8.43. The third-order valence-corrected chi connectivity index (χ3v) is 13.4. The molecule has 0 spiro atoms. The van der Waals surface area contributed by atoms with Gasteiger partial charge in [0.2, 0.25) is 0 Å². The number of ether oxygens (including phenoxy) is 1. The van der Waals surface area contributed by atoms with E-state index in [1.807, 2.05) is 115 Å². The zero-order chi connectivity index (χ0) is 49.5. The quantitative estimate of drug-likeness (QED) is 0.173. The molecule has 0 unspecified atom stereocenters. The lowest BCUT2D eigenvalue weighted by Crippen LogP contribution is -2.25. The number of anilines is 4. The van der Waals surface area contributed by atoms with Gasteiger partial charge in [0.1, 0.15) is 24.0 Å². The number of hydrogen-bond donors (Lipinski definition) is 0. The first-order chi connectivity index (χ1) is 33.8. The molecule has 0 fully saturated rings.